The zero-order valence-corrected chi connectivity index (χ0v) is 20.4. The van der Waals surface area contributed by atoms with Gasteiger partial charge in [0.15, 0.2) is 5.82 Å². The molecule has 3 aliphatic rings. The third kappa shape index (κ3) is 3.54. The average Bonchev–Trinajstić information content (AvgIpc) is 3.46. The van der Waals surface area contributed by atoms with Crippen molar-refractivity contribution in [2.75, 3.05) is 10.6 Å². The minimum atomic E-state index is -3.25. The van der Waals surface area contributed by atoms with Crippen molar-refractivity contribution in [1.29, 1.82) is 0 Å². The van der Waals surface area contributed by atoms with Crippen molar-refractivity contribution in [2.45, 2.75) is 81.7 Å². The molecule has 0 amide bonds. The maximum Gasteiger partial charge on any atom is 0.220 e. The standard InChI is InChI=1S/C24H31N7O2S/c1-3-24(8-9-24)34(32,33)31-17-6-7-18(31)13-16(12-17)26-23-19-5-4-10-25-20(19)14-21(28-23)27-22-11-15(2)29-30-22/h4-5,10-11,14,16-18H,3,6-9,12-13H2,1-2H3,(H3,26,27,28,29,30)/t16?,17-,18+. The van der Waals surface area contributed by atoms with Gasteiger partial charge in [-0.25, -0.2) is 13.4 Å². The van der Waals surface area contributed by atoms with Crippen LogP contribution in [0.5, 0.6) is 0 Å². The number of fused-ring (bicyclic) bond motifs is 3. The number of rotatable bonds is 7. The number of aromatic nitrogens is 4. The van der Waals surface area contributed by atoms with Crippen LogP contribution in [-0.4, -0.2) is 55.8 Å². The Balaban J connectivity index is 1.26. The zero-order valence-electron chi connectivity index (χ0n) is 19.6. The second kappa shape index (κ2) is 7.91. The lowest BCUT2D eigenvalue weighted by molar-refractivity contribution is 0.231. The van der Waals surface area contributed by atoms with Crippen LogP contribution in [0.4, 0.5) is 17.5 Å². The van der Waals surface area contributed by atoms with Crippen molar-refractivity contribution in [2.24, 2.45) is 0 Å². The summed E-state index contributed by atoms with van der Waals surface area (Å²) in [5.74, 6) is 2.14. The van der Waals surface area contributed by atoms with Crippen LogP contribution in [0.3, 0.4) is 0 Å². The molecule has 3 N–H and O–H groups in total. The highest BCUT2D eigenvalue weighted by molar-refractivity contribution is 7.90. The van der Waals surface area contributed by atoms with Gasteiger partial charge in [-0.3, -0.25) is 10.1 Å². The van der Waals surface area contributed by atoms with Crippen LogP contribution in [0, 0.1) is 6.92 Å². The van der Waals surface area contributed by atoms with Gasteiger partial charge in [0.2, 0.25) is 10.0 Å². The second-order valence-corrected chi connectivity index (χ2v) is 12.3. The Bertz CT molecular complexity index is 1320. The predicted octanol–water partition coefficient (Wildman–Crippen LogP) is 4.08. The Morgan fingerprint density at radius 2 is 1.94 bits per heavy atom. The van der Waals surface area contributed by atoms with E-state index in [1.807, 2.05) is 42.4 Å². The molecule has 1 saturated carbocycles. The lowest BCUT2D eigenvalue weighted by atomic mass is 9.99. The summed E-state index contributed by atoms with van der Waals surface area (Å²) in [6, 6.07) is 8.09. The summed E-state index contributed by atoms with van der Waals surface area (Å²) < 4.78 is 28.4. The molecular weight excluding hydrogens is 450 g/mol. The number of aryl methyl sites for hydroxylation is 1. The van der Waals surface area contributed by atoms with Crippen molar-refractivity contribution in [1.82, 2.24) is 24.5 Å². The number of sulfonamides is 1. The van der Waals surface area contributed by atoms with E-state index in [2.05, 4.69) is 25.8 Å². The molecule has 34 heavy (non-hydrogen) atoms. The molecule has 0 aromatic carbocycles. The molecule has 180 valence electrons. The molecule has 2 bridgehead atoms. The SMILES string of the molecule is CCC1(S(=O)(=O)N2[C@@H]3CC[C@H]2CC(Nc2nc(Nc4cc(C)[nH]n4)cc4ncccc24)C3)CC1. The van der Waals surface area contributed by atoms with E-state index in [0.717, 1.165) is 60.9 Å². The average molecular weight is 482 g/mol. The molecule has 3 aromatic heterocycles. The summed E-state index contributed by atoms with van der Waals surface area (Å²) >= 11 is 0. The fourth-order valence-corrected chi connectivity index (χ4v) is 8.46. The largest absolute Gasteiger partial charge is 0.367 e. The van der Waals surface area contributed by atoms with Crippen LogP contribution in [-0.2, 0) is 10.0 Å². The minimum absolute atomic E-state index is 0.0722. The first kappa shape index (κ1) is 21.8. The molecule has 0 radical (unpaired) electrons. The Labute approximate surface area is 199 Å². The first-order valence-corrected chi connectivity index (χ1v) is 13.7. The van der Waals surface area contributed by atoms with E-state index in [1.165, 1.54) is 0 Å². The van der Waals surface area contributed by atoms with Crippen molar-refractivity contribution in [3.05, 3.63) is 36.2 Å². The van der Waals surface area contributed by atoms with Crippen molar-refractivity contribution >= 4 is 38.4 Å². The number of pyridine rings is 2. The molecular formula is C24H31N7O2S. The van der Waals surface area contributed by atoms with Crippen LogP contribution >= 0.6 is 0 Å². The first-order chi connectivity index (χ1) is 16.4. The molecule has 2 saturated heterocycles. The molecule has 0 spiro atoms. The van der Waals surface area contributed by atoms with Gasteiger partial charge in [0.1, 0.15) is 11.6 Å². The van der Waals surface area contributed by atoms with Crippen LogP contribution in [0.15, 0.2) is 30.5 Å². The van der Waals surface area contributed by atoms with Gasteiger partial charge >= 0.3 is 0 Å². The number of aromatic amines is 1. The van der Waals surface area contributed by atoms with Gasteiger partial charge in [-0.1, -0.05) is 6.92 Å². The number of piperidine rings is 1. The van der Waals surface area contributed by atoms with Crippen LogP contribution < -0.4 is 10.6 Å². The Morgan fingerprint density at radius 1 is 1.18 bits per heavy atom. The normalized spacial score (nSPS) is 26.0. The first-order valence-electron chi connectivity index (χ1n) is 12.2. The predicted molar refractivity (Wildman–Crippen MR) is 133 cm³/mol. The van der Waals surface area contributed by atoms with Crippen molar-refractivity contribution in [3.63, 3.8) is 0 Å². The number of hydrogen-bond donors (Lipinski definition) is 3. The molecule has 3 atom stereocenters. The lowest BCUT2D eigenvalue weighted by Gasteiger charge is -2.40. The monoisotopic (exact) mass is 481 g/mol. The van der Waals surface area contributed by atoms with E-state index in [9.17, 15) is 8.42 Å². The highest BCUT2D eigenvalue weighted by Gasteiger charge is 2.59. The molecule has 3 aromatic rings. The molecule has 6 rings (SSSR count). The van der Waals surface area contributed by atoms with Crippen molar-refractivity contribution in [3.8, 4) is 0 Å². The maximum atomic E-state index is 13.5. The lowest BCUT2D eigenvalue weighted by Crippen LogP contribution is -2.53. The molecule has 3 fully saturated rings. The van der Waals surface area contributed by atoms with Gasteiger partial charge in [0, 0.05) is 47.5 Å². The third-order valence-corrected chi connectivity index (χ3v) is 10.8. The highest BCUT2D eigenvalue weighted by atomic mass is 32.2. The van der Waals surface area contributed by atoms with E-state index in [1.54, 1.807) is 6.20 Å². The minimum Gasteiger partial charge on any atom is -0.367 e. The zero-order chi connectivity index (χ0) is 23.5. The fourth-order valence-electron chi connectivity index (χ4n) is 5.86. The van der Waals surface area contributed by atoms with Gasteiger partial charge in [-0.05, 0) is 64.0 Å². The van der Waals surface area contributed by atoms with Gasteiger partial charge in [0.25, 0.3) is 0 Å². The summed E-state index contributed by atoms with van der Waals surface area (Å²) in [4.78, 5) is 9.39. The fraction of sp³-hybridized carbons (Fsp3) is 0.542. The molecule has 9 nitrogen and oxygen atoms in total. The summed E-state index contributed by atoms with van der Waals surface area (Å²) in [5, 5.41) is 15.1. The summed E-state index contributed by atoms with van der Waals surface area (Å²) in [6.07, 6.45) is 7.59. The van der Waals surface area contributed by atoms with Gasteiger partial charge in [-0.15, -0.1) is 0 Å². The summed E-state index contributed by atoms with van der Waals surface area (Å²) in [7, 11) is -3.25. The Morgan fingerprint density at radius 3 is 2.59 bits per heavy atom. The number of nitrogens with zero attached hydrogens (tertiary/aromatic N) is 4. The molecule has 1 unspecified atom stereocenters. The van der Waals surface area contributed by atoms with E-state index in [4.69, 9.17) is 4.98 Å². The number of H-pyrrole nitrogens is 1. The molecule has 2 aliphatic heterocycles. The van der Waals surface area contributed by atoms with E-state index in [0.29, 0.717) is 18.1 Å². The Kier molecular flexibility index (Phi) is 5.07. The molecule has 10 heteroatoms. The van der Waals surface area contributed by atoms with E-state index in [-0.39, 0.29) is 18.1 Å². The summed E-state index contributed by atoms with van der Waals surface area (Å²) in [6.45, 7) is 3.96. The topological polar surface area (TPSA) is 116 Å². The van der Waals surface area contributed by atoms with Gasteiger partial charge in [-0.2, -0.15) is 9.40 Å². The van der Waals surface area contributed by atoms with E-state index < -0.39 is 14.8 Å². The van der Waals surface area contributed by atoms with Crippen LogP contribution in [0.1, 0.15) is 57.6 Å². The molecule has 1 aliphatic carbocycles. The quantitative estimate of drug-likeness (QED) is 0.465. The van der Waals surface area contributed by atoms with Crippen LogP contribution in [0.25, 0.3) is 10.9 Å². The van der Waals surface area contributed by atoms with Gasteiger partial charge in [0.05, 0.1) is 10.3 Å². The van der Waals surface area contributed by atoms with Gasteiger partial charge < -0.3 is 10.6 Å². The maximum absolute atomic E-state index is 13.5. The van der Waals surface area contributed by atoms with E-state index >= 15 is 0 Å². The third-order valence-electron chi connectivity index (χ3n) is 7.85. The van der Waals surface area contributed by atoms with Crippen molar-refractivity contribution < 1.29 is 8.42 Å². The smallest absolute Gasteiger partial charge is 0.220 e. The number of anilines is 3. The number of nitrogens with one attached hydrogen (secondary N) is 3. The summed E-state index contributed by atoms with van der Waals surface area (Å²) in [5.41, 5.74) is 1.81. The molecule has 5 heterocycles. The van der Waals surface area contributed by atoms with Crippen LogP contribution in [0.2, 0.25) is 0 Å². The Hall–Kier alpha value is -2.72. The highest BCUT2D eigenvalue weighted by Crippen LogP contribution is 2.52. The number of hydrogen-bond acceptors (Lipinski definition) is 7. The second-order valence-electron chi connectivity index (χ2n) is 10.1.